The smallest absolute Gasteiger partial charge is 0.409 e. The molecular weight excluding hydrogens is 366 g/mol. The normalized spacial score (nSPS) is 10.6. The van der Waals surface area contributed by atoms with Gasteiger partial charge in [-0.3, -0.25) is 10.1 Å². The van der Waals surface area contributed by atoms with E-state index in [4.69, 9.17) is 9.84 Å². The number of rotatable bonds is 8. The fraction of sp³-hybridized carbons (Fsp3) is 0.0833. The van der Waals surface area contributed by atoms with E-state index in [1.54, 1.807) is 24.3 Å². The van der Waals surface area contributed by atoms with Gasteiger partial charge in [0.25, 0.3) is 0 Å². The second-order valence-corrected chi connectivity index (χ2v) is 6.33. The number of nitrogens with one attached hydrogen (secondary N) is 1. The summed E-state index contributed by atoms with van der Waals surface area (Å²) in [5.41, 5.74) is 3.76. The minimum atomic E-state index is -1.10. The van der Waals surface area contributed by atoms with Gasteiger partial charge in [-0.2, -0.15) is 0 Å². The van der Waals surface area contributed by atoms with Crippen LogP contribution in [0.5, 0.6) is 5.75 Å². The molecule has 0 atom stereocenters. The molecule has 0 saturated heterocycles. The van der Waals surface area contributed by atoms with E-state index in [9.17, 15) is 9.59 Å². The Kier molecular flexibility index (Phi) is 6.79. The Morgan fingerprint density at radius 1 is 0.966 bits per heavy atom. The molecule has 0 aliphatic heterocycles. The first kappa shape index (κ1) is 19.9. The van der Waals surface area contributed by atoms with Gasteiger partial charge in [0.05, 0.1) is 12.3 Å². The van der Waals surface area contributed by atoms with Gasteiger partial charge in [-0.15, -0.1) is 0 Å². The number of benzene rings is 3. The molecule has 0 saturated carbocycles. The summed E-state index contributed by atoms with van der Waals surface area (Å²) in [7, 11) is 0. The molecule has 5 nitrogen and oxygen atoms in total. The Morgan fingerprint density at radius 2 is 1.79 bits per heavy atom. The molecule has 0 bridgehead atoms. The van der Waals surface area contributed by atoms with Crippen molar-refractivity contribution in [1.82, 2.24) is 0 Å². The van der Waals surface area contributed by atoms with Crippen LogP contribution in [0.25, 0.3) is 17.2 Å². The monoisotopic (exact) mass is 387 g/mol. The number of anilines is 1. The molecule has 0 aliphatic carbocycles. The van der Waals surface area contributed by atoms with Crippen molar-refractivity contribution in [3.8, 4) is 16.9 Å². The van der Waals surface area contributed by atoms with Gasteiger partial charge in [0.1, 0.15) is 12.0 Å². The molecule has 0 aromatic heterocycles. The highest BCUT2D eigenvalue weighted by atomic mass is 16.5. The summed E-state index contributed by atoms with van der Waals surface area (Å²) < 4.78 is 5.64. The summed E-state index contributed by atoms with van der Waals surface area (Å²) in [6.45, 7) is 0.473. The second kappa shape index (κ2) is 9.90. The fourth-order valence-electron chi connectivity index (χ4n) is 2.90. The van der Waals surface area contributed by atoms with Crippen molar-refractivity contribution in [1.29, 1.82) is 0 Å². The minimum absolute atomic E-state index is 0.473. The zero-order chi connectivity index (χ0) is 20.5. The van der Waals surface area contributed by atoms with Gasteiger partial charge in [0, 0.05) is 11.1 Å². The molecule has 1 amide bonds. The number of aldehydes is 1. The van der Waals surface area contributed by atoms with Crippen molar-refractivity contribution in [3.05, 3.63) is 90.0 Å². The summed E-state index contributed by atoms with van der Waals surface area (Å²) >= 11 is 0. The van der Waals surface area contributed by atoms with Crippen LogP contribution >= 0.6 is 0 Å². The summed E-state index contributed by atoms with van der Waals surface area (Å²) in [6.07, 6.45) is 4.25. The predicted octanol–water partition coefficient (Wildman–Crippen LogP) is 5.74. The quantitative estimate of drug-likeness (QED) is 0.382. The summed E-state index contributed by atoms with van der Waals surface area (Å²) in [6, 6.07) is 22.3. The highest BCUT2D eigenvalue weighted by Gasteiger charge is 2.08. The Hall–Kier alpha value is -3.86. The van der Waals surface area contributed by atoms with Crippen LogP contribution in [0.3, 0.4) is 0 Å². The van der Waals surface area contributed by atoms with E-state index in [0.29, 0.717) is 30.0 Å². The number of amides is 1. The summed E-state index contributed by atoms with van der Waals surface area (Å²) in [4.78, 5) is 22.0. The number of hydrogen-bond acceptors (Lipinski definition) is 3. The van der Waals surface area contributed by atoms with Crippen LogP contribution in [-0.2, 0) is 0 Å². The lowest BCUT2D eigenvalue weighted by molar-refractivity contribution is 0.112. The van der Waals surface area contributed by atoms with Gasteiger partial charge >= 0.3 is 6.09 Å². The number of carboxylic acid groups (broad SMARTS) is 1. The van der Waals surface area contributed by atoms with Gasteiger partial charge in [-0.25, -0.2) is 4.79 Å². The van der Waals surface area contributed by atoms with Crippen LogP contribution in [0.2, 0.25) is 0 Å². The first-order chi connectivity index (χ1) is 14.2. The SMILES string of the molecule is O=Cc1cccc(OCCC=Cc2ccc(-c3ccccc3)c(NC(=O)O)c2)c1. The average Bonchev–Trinajstić information content (AvgIpc) is 2.74. The van der Waals surface area contributed by atoms with E-state index in [1.807, 2.05) is 60.7 Å². The number of carbonyl (C=O) groups is 2. The molecule has 0 fully saturated rings. The highest BCUT2D eigenvalue weighted by Crippen LogP contribution is 2.29. The van der Waals surface area contributed by atoms with Crippen molar-refractivity contribution >= 4 is 24.1 Å². The number of ether oxygens (including phenoxy) is 1. The maximum absolute atomic E-state index is 11.2. The van der Waals surface area contributed by atoms with Gasteiger partial charge in [0.15, 0.2) is 0 Å². The van der Waals surface area contributed by atoms with Crippen molar-refractivity contribution in [3.63, 3.8) is 0 Å². The first-order valence-electron chi connectivity index (χ1n) is 9.20. The van der Waals surface area contributed by atoms with Gasteiger partial charge < -0.3 is 9.84 Å². The first-order valence-corrected chi connectivity index (χ1v) is 9.20. The Labute approximate surface area is 169 Å². The van der Waals surface area contributed by atoms with Crippen molar-refractivity contribution in [2.75, 3.05) is 11.9 Å². The van der Waals surface area contributed by atoms with E-state index in [-0.39, 0.29) is 0 Å². The second-order valence-electron chi connectivity index (χ2n) is 6.33. The van der Waals surface area contributed by atoms with E-state index in [0.717, 1.165) is 23.0 Å². The van der Waals surface area contributed by atoms with E-state index in [2.05, 4.69) is 5.32 Å². The Balaban J connectivity index is 1.65. The molecule has 2 N–H and O–H groups in total. The molecule has 3 rings (SSSR count). The molecule has 5 heteroatoms. The summed E-state index contributed by atoms with van der Waals surface area (Å²) in [5, 5.41) is 11.6. The molecule has 0 radical (unpaired) electrons. The lowest BCUT2D eigenvalue weighted by Gasteiger charge is -2.11. The zero-order valence-corrected chi connectivity index (χ0v) is 15.7. The van der Waals surface area contributed by atoms with Gasteiger partial charge in [-0.1, -0.05) is 66.7 Å². The molecular formula is C24H21NO4. The summed E-state index contributed by atoms with van der Waals surface area (Å²) in [5.74, 6) is 0.656. The van der Waals surface area contributed by atoms with Crippen molar-refractivity contribution in [2.45, 2.75) is 6.42 Å². The van der Waals surface area contributed by atoms with Crippen LogP contribution in [0.15, 0.2) is 78.9 Å². The third-order valence-corrected chi connectivity index (χ3v) is 4.23. The van der Waals surface area contributed by atoms with Crippen LogP contribution in [0, 0.1) is 0 Å². The fourth-order valence-corrected chi connectivity index (χ4v) is 2.90. The molecule has 0 heterocycles. The Bertz CT molecular complexity index is 1010. The molecule has 3 aromatic rings. The van der Waals surface area contributed by atoms with E-state index >= 15 is 0 Å². The highest BCUT2D eigenvalue weighted by molar-refractivity contribution is 5.91. The minimum Gasteiger partial charge on any atom is -0.493 e. The topological polar surface area (TPSA) is 75.6 Å². The molecule has 0 unspecified atom stereocenters. The lowest BCUT2D eigenvalue weighted by Crippen LogP contribution is -2.08. The molecule has 0 spiro atoms. The number of carbonyl (C=O) groups excluding carboxylic acids is 1. The van der Waals surface area contributed by atoms with Crippen LogP contribution in [0.4, 0.5) is 10.5 Å². The predicted molar refractivity (Wildman–Crippen MR) is 115 cm³/mol. The number of hydrogen-bond donors (Lipinski definition) is 2. The lowest BCUT2D eigenvalue weighted by atomic mass is 10.0. The van der Waals surface area contributed by atoms with Crippen LogP contribution in [0.1, 0.15) is 22.3 Å². The van der Waals surface area contributed by atoms with Gasteiger partial charge in [0.2, 0.25) is 0 Å². The van der Waals surface area contributed by atoms with Gasteiger partial charge in [-0.05, 0) is 35.7 Å². The van der Waals surface area contributed by atoms with Crippen LogP contribution in [-0.4, -0.2) is 24.1 Å². The maximum Gasteiger partial charge on any atom is 0.409 e. The van der Waals surface area contributed by atoms with Crippen LogP contribution < -0.4 is 10.1 Å². The largest absolute Gasteiger partial charge is 0.493 e. The standard InChI is InChI=1S/C24H21NO4/c26-17-19-8-6-11-21(15-19)29-14-5-4-7-18-12-13-22(20-9-2-1-3-10-20)23(16-18)25-24(27)28/h1-4,6-13,15-17,25H,5,14H2,(H,27,28). The molecule has 29 heavy (non-hydrogen) atoms. The third kappa shape index (κ3) is 5.81. The third-order valence-electron chi connectivity index (χ3n) is 4.23. The van der Waals surface area contributed by atoms with E-state index in [1.165, 1.54) is 0 Å². The van der Waals surface area contributed by atoms with Crippen molar-refractivity contribution in [2.24, 2.45) is 0 Å². The molecule has 3 aromatic carbocycles. The van der Waals surface area contributed by atoms with E-state index < -0.39 is 6.09 Å². The van der Waals surface area contributed by atoms with Crippen molar-refractivity contribution < 1.29 is 19.4 Å². The zero-order valence-electron chi connectivity index (χ0n) is 15.7. The molecule has 146 valence electrons. The molecule has 0 aliphatic rings. The Morgan fingerprint density at radius 3 is 2.55 bits per heavy atom. The maximum atomic E-state index is 11.2. The average molecular weight is 387 g/mol.